The van der Waals surface area contributed by atoms with Crippen molar-refractivity contribution in [1.29, 1.82) is 0 Å². The van der Waals surface area contributed by atoms with Gasteiger partial charge in [0.1, 0.15) is 17.5 Å². The quantitative estimate of drug-likeness (QED) is 0.214. The number of hydrogen-bond acceptors (Lipinski definition) is 8. The smallest absolute Gasteiger partial charge is 0.253 e. The molecule has 44 heavy (non-hydrogen) atoms. The van der Waals surface area contributed by atoms with Gasteiger partial charge in [-0.15, -0.1) is 5.10 Å². The Labute approximate surface area is 254 Å². The molecular weight excluding hydrogens is 554 g/mol. The maximum atomic E-state index is 13.9. The van der Waals surface area contributed by atoms with Crippen LogP contribution >= 0.6 is 0 Å². The fraction of sp³-hybridized carbons (Fsp3) is 0.206. The summed E-state index contributed by atoms with van der Waals surface area (Å²) in [6.45, 7) is 1.54. The third-order valence-corrected chi connectivity index (χ3v) is 7.65. The molecule has 10 heteroatoms. The number of nitrogens with zero attached hydrogens (tertiary/aromatic N) is 6. The van der Waals surface area contributed by atoms with Crippen molar-refractivity contribution in [1.82, 2.24) is 35.1 Å². The van der Waals surface area contributed by atoms with Crippen molar-refractivity contribution in [3.63, 3.8) is 0 Å². The number of nitrogens with one attached hydrogen (secondary N) is 1. The minimum absolute atomic E-state index is 0.212. The van der Waals surface area contributed by atoms with E-state index in [0.29, 0.717) is 36.8 Å². The zero-order valence-electron chi connectivity index (χ0n) is 24.6. The predicted molar refractivity (Wildman–Crippen MR) is 167 cm³/mol. The Morgan fingerprint density at radius 3 is 2.34 bits per heavy atom. The number of aryl methyl sites for hydroxylation is 2. The fourth-order valence-corrected chi connectivity index (χ4v) is 5.41. The minimum Gasteiger partial charge on any atom is -0.497 e. The normalized spacial score (nSPS) is 12.0. The molecule has 0 aliphatic heterocycles. The van der Waals surface area contributed by atoms with Crippen molar-refractivity contribution < 1.29 is 9.47 Å². The van der Waals surface area contributed by atoms with E-state index in [2.05, 4.69) is 42.5 Å². The molecule has 222 valence electrons. The summed E-state index contributed by atoms with van der Waals surface area (Å²) in [5, 5.41) is 13.9. The van der Waals surface area contributed by atoms with E-state index in [1.807, 2.05) is 85.1 Å². The Morgan fingerprint density at radius 2 is 1.59 bits per heavy atom. The van der Waals surface area contributed by atoms with Crippen LogP contribution < -0.4 is 15.0 Å². The van der Waals surface area contributed by atoms with Gasteiger partial charge in [0, 0.05) is 48.5 Å². The molecule has 10 nitrogen and oxygen atoms in total. The van der Waals surface area contributed by atoms with Crippen LogP contribution in [0.5, 0.6) is 11.5 Å². The first-order chi connectivity index (χ1) is 21.6. The molecule has 1 atom stereocenters. The third kappa shape index (κ3) is 6.50. The van der Waals surface area contributed by atoms with Crippen LogP contribution in [0.15, 0.2) is 108 Å². The predicted octanol–water partition coefficient (Wildman–Crippen LogP) is 4.96. The summed E-state index contributed by atoms with van der Waals surface area (Å²) in [7, 11) is 3.28. The lowest BCUT2D eigenvalue weighted by Crippen LogP contribution is -2.35. The fourth-order valence-electron chi connectivity index (χ4n) is 5.41. The molecule has 3 aromatic carbocycles. The van der Waals surface area contributed by atoms with E-state index in [4.69, 9.17) is 9.47 Å². The number of aromatic amines is 1. The van der Waals surface area contributed by atoms with Gasteiger partial charge >= 0.3 is 0 Å². The van der Waals surface area contributed by atoms with Gasteiger partial charge in [0.15, 0.2) is 5.82 Å². The molecule has 0 saturated heterocycles. The van der Waals surface area contributed by atoms with E-state index >= 15 is 0 Å². The monoisotopic (exact) mass is 587 g/mol. The lowest BCUT2D eigenvalue weighted by molar-refractivity contribution is 0.193. The summed E-state index contributed by atoms with van der Waals surface area (Å²) < 4.78 is 12.7. The first-order valence-corrected chi connectivity index (χ1v) is 14.4. The molecule has 0 fully saturated rings. The SMILES string of the molecule is COc1ccc(CN(Cc2cccnc2)[C@@H](c2cc3cc(OC)ccc3[nH]c2=O)c2nnnn2CCc2ccccc2)cc1. The summed E-state index contributed by atoms with van der Waals surface area (Å²) in [6, 6.07) is 29.0. The van der Waals surface area contributed by atoms with Crippen molar-refractivity contribution in [2.24, 2.45) is 0 Å². The Hall–Kier alpha value is -5.35. The van der Waals surface area contributed by atoms with E-state index in [1.165, 1.54) is 5.56 Å². The molecule has 0 aliphatic carbocycles. The highest BCUT2D eigenvalue weighted by atomic mass is 16.5. The van der Waals surface area contributed by atoms with Gasteiger partial charge in [-0.3, -0.25) is 14.7 Å². The van der Waals surface area contributed by atoms with Gasteiger partial charge in [-0.1, -0.05) is 48.5 Å². The molecule has 0 amide bonds. The highest BCUT2D eigenvalue weighted by Gasteiger charge is 2.31. The van der Waals surface area contributed by atoms with E-state index in [0.717, 1.165) is 34.2 Å². The number of hydrogen-bond donors (Lipinski definition) is 1. The van der Waals surface area contributed by atoms with Crippen molar-refractivity contribution in [2.75, 3.05) is 14.2 Å². The van der Waals surface area contributed by atoms with Crippen LogP contribution in [-0.2, 0) is 26.1 Å². The molecule has 6 rings (SSSR count). The second-order valence-electron chi connectivity index (χ2n) is 10.5. The zero-order chi connectivity index (χ0) is 30.3. The summed E-state index contributed by atoms with van der Waals surface area (Å²) in [5.41, 5.74) is 4.24. The molecule has 0 spiro atoms. The van der Waals surface area contributed by atoms with Crippen LogP contribution in [0.2, 0.25) is 0 Å². The summed E-state index contributed by atoms with van der Waals surface area (Å²) >= 11 is 0. The average Bonchev–Trinajstić information content (AvgIpc) is 3.53. The molecule has 6 aromatic rings. The Balaban J connectivity index is 1.49. The average molecular weight is 588 g/mol. The second-order valence-corrected chi connectivity index (χ2v) is 10.5. The van der Waals surface area contributed by atoms with Crippen LogP contribution in [0.1, 0.15) is 34.1 Å². The lowest BCUT2D eigenvalue weighted by atomic mass is 10.0. The number of methoxy groups -OCH3 is 2. The molecule has 3 heterocycles. The Bertz CT molecular complexity index is 1870. The number of pyridine rings is 2. The number of rotatable bonds is 12. The number of tetrazole rings is 1. The van der Waals surface area contributed by atoms with Gasteiger partial charge in [-0.25, -0.2) is 4.68 Å². The van der Waals surface area contributed by atoms with Crippen LogP contribution in [0, 0.1) is 0 Å². The maximum Gasteiger partial charge on any atom is 0.253 e. The molecule has 0 radical (unpaired) electrons. The number of benzene rings is 3. The molecule has 0 bridgehead atoms. The van der Waals surface area contributed by atoms with Crippen LogP contribution in [0.25, 0.3) is 10.9 Å². The number of H-pyrrole nitrogens is 1. The van der Waals surface area contributed by atoms with Crippen LogP contribution in [0.3, 0.4) is 0 Å². The molecule has 0 unspecified atom stereocenters. The lowest BCUT2D eigenvalue weighted by Gasteiger charge is -2.31. The van der Waals surface area contributed by atoms with E-state index in [1.54, 1.807) is 25.1 Å². The van der Waals surface area contributed by atoms with Crippen molar-refractivity contribution >= 4 is 10.9 Å². The Morgan fingerprint density at radius 1 is 0.841 bits per heavy atom. The summed E-state index contributed by atoms with van der Waals surface area (Å²) in [4.78, 5) is 23.5. The maximum absolute atomic E-state index is 13.9. The molecular formula is C34H33N7O3. The minimum atomic E-state index is -0.595. The van der Waals surface area contributed by atoms with E-state index in [-0.39, 0.29) is 5.56 Å². The number of aromatic nitrogens is 6. The Kier molecular flexibility index (Phi) is 8.70. The van der Waals surface area contributed by atoms with E-state index < -0.39 is 6.04 Å². The standard InChI is InChI=1S/C34H33N7O3/c1-43-28-12-10-25(11-13-28)22-40(23-26-9-6-17-35-21-26)32(30-20-27-19-29(44-2)14-15-31(27)36-34(30)42)33-37-38-39-41(33)18-16-24-7-4-3-5-8-24/h3-15,17,19-21,32H,16,18,22-23H2,1-2H3,(H,36,42)/t32-/m0/s1. The highest BCUT2D eigenvalue weighted by Crippen LogP contribution is 2.31. The van der Waals surface area contributed by atoms with Gasteiger partial charge in [0.05, 0.1) is 14.2 Å². The third-order valence-electron chi connectivity index (χ3n) is 7.65. The van der Waals surface area contributed by atoms with Crippen LogP contribution in [0.4, 0.5) is 0 Å². The molecule has 0 aliphatic rings. The number of fused-ring (bicyclic) bond motifs is 1. The van der Waals surface area contributed by atoms with Gasteiger partial charge in [0.25, 0.3) is 5.56 Å². The van der Waals surface area contributed by atoms with Gasteiger partial charge in [-0.2, -0.15) is 0 Å². The first-order valence-electron chi connectivity index (χ1n) is 14.4. The molecule has 1 N–H and O–H groups in total. The van der Waals surface area contributed by atoms with Crippen molar-refractivity contribution in [3.05, 3.63) is 142 Å². The van der Waals surface area contributed by atoms with Gasteiger partial charge in [0.2, 0.25) is 0 Å². The van der Waals surface area contributed by atoms with Gasteiger partial charge < -0.3 is 14.5 Å². The summed E-state index contributed by atoms with van der Waals surface area (Å²) in [5.74, 6) is 2.05. The van der Waals surface area contributed by atoms with E-state index in [9.17, 15) is 4.79 Å². The first kappa shape index (κ1) is 28.8. The molecule has 0 saturated carbocycles. The summed E-state index contributed by atoms with van der Waals surface area (Å²) in [6.07, 6.45) is 4.32. The largest absolute Gasteiger partial charge is 0.497 e. The molecule has 3 aromatic heterocycles. The zero-order valence-corrected chi connectivity index (χ0v) is 24.6. The van der Waals surface area contributed by atoms with Crippen molar-refractivity contribution in [3.8, 4) is 11.5 Å². The highest BCUT2D eigenvalue weighted by molar-refractivity contribution is 5.80. The number of ether oxygens (including phenoxy) is 2. The second kappa shape index (κ2) is 13.3. The topological polar surface area (TPSA) is 111 Å². The van der Waals surface area contributed by atoms with Gasteiger partial charge in [-0.05, 0) is 76.0 Å². The van der Waals surface area contributed by atoms with Crippen LogP contribution in [-0.4, -0.2) is 49.3 Å². The van der Waals surface area contributed by atoms with Crippen molar-refractivity contribution in [2.45, 2.75) is 32.1 Å².